The maximum absolute atomic E-state index is 12.6. The molecule has 1 heterocycles. The standard InChI is InChI=1S/C19H30N2O4/c1-14-8-6-7-11-21(14)13-17(22)20(2)12-15-9-10-16(23-3)19(25-5)18(15)24-4/h9-10,14H,6-8,11-13H2,1-5H3/p+1/t14-/m1/s1. The summed E-state index contributed by atoms with van der Waals surface area (Å²) in [6.45, 7) is 4.34. The summed E-state index contributed by atoms with van der Waals surface area (Å²) in [6, 6.07) is 4.31. The van der Waals surface area contributed by atoms with E-state index in [1.807, 2.05) is 19.2 Å². The van der Waals surface area contributed by atoms with Crippen molar-refractivity contribution in [1.82, 2.24) is 4.90 Å². The Labute approximate surface area is 150 Å². The summed E-state index contributed by atoms with van der Waals surface area (Å²) < 4.78 is 16.2. The van der Waals surface area contributed by atoms with Gasteiger partial charge in [-0.05, 0) is 38.3 Å². The number of methoxy groups -OCH3 is 3. The van der Waals surface area contributed by atoms with Crippen LogP contribution in [0.15, 0.2) is 12.1 Å². The zero-order chi connectivity index (χ0) is 18.4. The maximum Gasteiger partial charge on any atom is 0.277 e. The molecule has 1 fully saturated rings. The van der Waals surface area contributed by atoms with Crippen LogP contribution < -0.4 is 19.1 Å². The molecule has 2 rings (SSSR count). The Balaban J connectivity index is 2.08. The second-order valence-electron chi connectivity index (χ2n) is 6.73. The average molecular weight is 351 g/mol. The number of quaternary nitrogens is 1. The first-order chi connectivity index (χ1) is 12.0. The summed E-state index contributed by atoms with van der Waals surface area (Å²) in [5.74, 6) is 1.93. The number of carbonyl (C=O) groups is 1. The van der Waals surface area contributed by atoms with Crippen molar-refractivity contribution in [2.75, 3.05) is 41.5 Å². The summed E-state index contributed by atoms with van der Waals surface area (Å²) in [6.07, 6.45) is 3.69. The molecule has 0 saturated carbocycles. The van der Waals surface area contributed by atoms with Gasteiger partial charge in [-0.2, -0.15) is 0 Å². The number of hydrogen-bond donors (Lipinski definition) is 1. The van der Waals surface area contributed by atoms with Gasteiger partial charge in [-0.25, -0.2) is 0 Å². The van der Waals surface area contributed by atoms with E-state index in [1.54, 1.807) is 26.2 Å². The first-order valence-electron chi connectivity index (χ1n) is 8.88. The minimum absolute atomic E-state index is 0.153. The lowest BCUT2D eigenvalue weighted by Crippen LogP contribution is -3.17. The van der Waals surface area contributed by atoms with Crippen LogP contribution in [0.3, 0.4) is 0 Å². The molecule has 1 aliphatic heterocycles. The minimum atomic E-state index is 0.153. The smallest absolute Gasteiger partial charge is 0.277 e. The van der Waals surface area contributed by atoms with E-state index in [-0.39, 0.29) is 5.91 Å². The van der Waals surface area contributed by atoms with E-state index in [2.05, 4.69) is 6.92 Å². The van der Waals surface area contributed by atoms with Crippen molar-refractivity contribution in [2.24, 2.45) is 0 Å². The fourth-order valence-corrected chi connectivity index (χ4v) is 3.48. The topological polar surface area (TPSA) is 52.4 Å². The predicted octanol–water partition coefficient (Wildman–Crippen LogP) is 1.13. The third kappa shape index (κ3) is 4.57. The van der Waals surface area contributed by atoms with Gasteiger partial charge in [-0.15, -0.1) is 0 Å². The number of likely N-dealkylation sites (tertiary alicyclic amines) is 1. The van der Waals surface area contributed by atoms with Crippen molar-refractivity contribution < 1.29 is 23.9 Å². The number of ether oxygens (including phenoxy) is 3. The number of nitrogens with one attached hydrogen (secondary N) is 1. The van der Waals surface area contributed by atoms with Crippen molar-refractivity contribution in [3.63, 3.8) is 0 Å². The van der Waals surface area contributed by atoms with Crippen LogP contribution in [0.4, 0.5) is 0 Å². The van der Waals surface area contributed by atoms with Crippen LogP contribution in [0.5, 0.6) is 17.2 Å². The second-order valence-corrected chi connectivity index (χ2v) is 6.73. The average Bonchev–Trinajstić information content (AvgIpc) is 2.62. The molecule has 1 N–H and O–H groups in total. The monoisotopic (exact) mass is 351 g/mol. The van der Waals surface area contributed by atoms with Gasteiger partial charge in [0.2, 0.25) is 5.75 Å². The Hall–Kier alpha value is -1.95. The van der Waals surface area contributed by atoms with Gasteiger partial charge >= 0.3 is 0 Å². The van der Waals surface area contributed by atoms with Gasteiger partial charge in [0.25, 0.3) is 5.91 Å². The van der Waals surface area contributed by atoms with Crippen LogP contribution in [0, 0.1) is 0 Å². The maximum atomic E-state index is 12.6. The van der Waals surface area contributed by atoms with Gasteiger partial charge in [0.05, 0.1) is 33.9 Å². The SMILES string of the molecule is COc1ccc(CN(C)C(=O)C[NH+]2CCCC[C@H]2C)c(OC)c1OC. The number of rotatable bonds is 7. The van der Waals surface area contributed by atoms with E-state index < -0.39 is 0 Å². The molecule has 6 heteroatoms. The lowest BCUT2D eigenvalue weighted by molar-refractivity contribution is -0.921. The fraction of sp³-hybridized carbons (Fsp3) is 0.632. The Morgan fingerprint density at radius 3 is 2.48 bits per heavy atom. The molecule has 0 radical (unpaired) electrons. The molecule has 1 aromatic carbocycles. The normalized spacial score (nSPS) is 20.0. The Kier molecular flexibility index (Phi) is 6.93. The highest BCUT2D eigenvalue weighted by atomic mass is 16.5. The summed E-state index contributed by atoms with van der Waals surface area (Å²) in [7, 11) is 6.62. The van der Waals surface area contributed by atoms with E-state index in [0.717, 1.165) is 12.1 Å². The number of amides is 1. The van der Waals surface area contributed by atoms with E-state index in [0.29, 0.717) is 36.4 Å². The van der Waals surface area contributed by atoms with E-state index >= 15 is 0 Å². The highest BCUT2D eigenvalue weighted by Gasteiger charge is 2.26. The number of benzene rings is 1. The third-order valence-corrected chi connectivity index (χ3v) is 5.08. The van der Waals surface area contributed by atoms with E-state index in [4.69, 9.17) is 14.2 Å². The van der Waals surface area contributed by atoms with E-state index in [1.165, 1.54) is 24.2 Å². The summed E-state index contributed by atoms with van der Waals surface area (Å²) in [5.41, 5.74) is 0.901. The van der Waals surface area contributed by atoms with Gasteiger partial charge in [0.15, 0.2) is 18.0 Å². The largest absolute Gasteiger partial charge is 0.493 e. The molecule has 1 aliphatic rings. The molecule has 0 spiro atoms. The van der Waals surface area contributed by atoms with E-state index in [9.17, 15) is 4.79 Å². The molecule has 1 aromatic rings. The molecular weight excluding hydrogens is 320 g/mol. The van der Waals surface area contributed by atoms with Crippen LogP contribution in [-0.2, 0) is 11.3 Å². The summed E-state index contributed by atoms with van der Waals surface area (Å²) in [5, 5.41) is 0. The van der Waals surface area contributed by atoms with Crippen molar-refractivity contribution in [3.8, 4) is 17.2 Å². The molecule has 0 aromatic heterocycles. The lowest BCUT2D eigenvalue weighted by atomic mass is 10.0. The zero-order valence-electron chi connectivity index (χ0n) is 16.1. The molecule has 1 amide bonds. The highest BCUT2D eigenvalue weighted by Crippen LogP contribution is 2.40. The first kappa shape index (κ1) is 19.4. The third-order valence-electron chi connectivity index (χ3n) is 5.08. The van der Waals surface area contributed by atoms with Gasteiger partial charge in [-0.3, -0.25) is 4.79 Å². The summed E-state index contributed by atoms with van der Waals surface area (Å²) >= 11 is 0. The van der Waals surface area contributed by atoms with Gasteiger partial charge in [-0.1, -0.05) is 0 Å². The summed E-state index contributed by atoms with van der Waals surface area (Å²) in [4.78, 5) is 15.8. The minimum Gasteiger partial charge on any atom is -0.493 e. The van der Waals surface area contributed by atoms with Crippen LogP contribution in [0.1, 0.15) is 31.7 Å². The molecule has 0 aliphatic carbocycles. The Bertz CT molecular complexity index is 591. The number of piperidine rings is 1. The van der Waals surface area contributed by atoms with Crippen molar-refractivity contribution in [1.29, 1.82) is 0 Å². The Morgan fingerprint density at radius 1 is 1.16 bits per heavy atom. The van der Waals surface area contributed by atoms with Crippen LogP contribution in [0.2, 0.25) is 0 Å². The van der Waals surface area contributed by atoms with Crippen LogP contribution >= 0.6 is 0 Å². The number of nitrogens with zero attached hydrogens (tertiary/aromatic N) is 1. The number of hydrogen-bond acceptors (Lipinski definition) is 4. The number of likely N-dealkylation sites (N-methyl/N-ethyl adjacent to an activating group) is 1. The lowest BCUT2D eigenvalue weighted by Gasteiger charge is -2.31. The van der Waals surface area contributed by atoms with Gasteiger partial charge in [0.1, 0.15) is 0 Å². The van der Waals surface area contributed by atoms with Crippen LogP contribution in [-0.4, -0.2) is 58.3 Å². The molecule has 0 bridgehead atoms. The highest BCUT2D eigenvalue weighted by molar-refractivity contribution is 5.77. The number of carbonyl (C=O) groups excluding carboxylic acids is 1. The predicted molar refractivity (Wildman–Crippen MR) is 96.6 cm³/mol. The zero-order valence-corrected chi connectivity index (χ0v) is 16.1. The molecule has 25 heavy (non-hydrogen) atoms. The molecule has 1 saturated heterocycles. The molecular formula is C19H31N2O4+. The molecule has 6 nitrogen and oxygen atoms in total. The van der Waals surface area contributed by atoms with Gasteiger partial charge in [0, 0.05) is 19.2 Å². The van der Waals surface area contributed by atoms with Gasteiger partial charge < -0.3 is 24.0 Å². The Morgan fingerprint density at radius 2 is 1.88 bits per heavy atom. The van der Waals surface area contributed by atoms with Crippen LogP contribution in [0.25, 0.3) is 0 Å². The van der Waals surface area contributed by atoms with Crippen molar-refractivity contribution >= 4 is 5.91 Å². The molecule has 140 valence electrons. The fourth-order valence-electron chi connectivity index (χ4n) is 3.48. The first-order valence-corrected chi connectivity index (χ1v) is 8.88. The molecule has 1 unspecified atom stereocenters. The quantitative estimate of drug-likeness (QED) is 0.800. The van der Waals surface area contributed by atoms with Crippen molar-refractivity contribution in [3.05, 3.63) is 17.7 Å². The molecule has 2 atom stereocenters. The second kappa shape index (κ2) is 8.94. The van der Waals surface area contributed by atoms with Crippen molar-refractivity contribution in [2.45, 2.75) is 38.8 Å².